The minimum Gasteiger partial charge on any atom is -0.466 e. The molecular weight excluding hydrogens is 218 g/mol. The maximum Gasteiger partial charge on any atom is 0.333 e. The van der Waals surface area contributed by atoms with Gasteiger partial charge in [-0.2, -0.15) is 0 Å². The molecule has 0 aromatic carbocycles. The van der Waals surface area contributed by atoms with Gasteiger partial charge in [-0.3, -0.25) is 0 Å². The molecule has 17 heavy (non-hydrogen) atoms. The number of hydrogen-bond donors (Lipinski definition) is 1. The summed E-state index contributed by atoms with van der Waals surface area (Å²) in [5.74, 6) is 0.244. The molecule has 1 N–H and O–H groups in total. The van der Waals surface area contributed by atoms with Crippen molar-refractivity contribution in [2.24, 2.45) is 5.92 Å². The summed E-state index contributed by atoms with van der Waals surface area (Å²) in [4.78, 5) is 11.3. The van der Waals surface area contributed by atoms with E-state index in [1.54, 1.807) is 7.11 Å². The van der Waals surface area contributed by atoms with Gasteiger partial charge in [-0.1, -0.05) is 26.8 Å². The molecule has 0 aromatic rings. The first-order valence-corrected chi connectivity index (χ1v) is 6.06. The van der Waals surface area contributed by atoms with Crippen molar-refractivity contribution in [3.8, 4) is 0 Å². The standard InChI is InChI=1S/C13H25NO3/c1-6-11(13(15)17-5)7-8-14-12(9-16-4)10(2)3/h7,10,12,14H,6,8-9H2,1-5H3. The van der Waals surface area contributed by atoms with Crippen LogP contribution in [0.15, 0.2) is 11.6 Å². The molecule has 100 valence electrons. The van der Waals surface area contributed by atoms with Gasteiger partial charge in [0.1, 0.15) is 0 Å². The third-order valence-corrected chi connectivity index (χ3v) is 2.71. The van der Waals surface area contributed by atoms with Gasteiger partial charge in [0.2, 0.25) is 0 Å². The maximum atomic E-state index is 11.3. The predicted molar refractivity (Wildman–Crippen MR) is 68.9 cm³/mol. The van der Waals surface area contributed by atoms with Crippen LogP contribution in [0.2, 0.25) is 0 Å². The molecule has 1 atom stereocenters. The molecule has 4 heteroatoms. The molecule has 0 aliphatic carbocycles. The summed E-state index contributed by atoms with van der Waals surface area (Å²) < 4.78 is 9.84. The molecule has 0 saturated carbocycles. The number of methoxy groups -OCH3 is 2. The van der Waals surface area contributed by atoms with Gasteiger partial charge in [0.05, 0.1) is 13.7 Å². The zero-order valence-electron chi connectivity index (χ0n) is 11.6. The molecule has 1 unspecified atom stereocenters. The van der Waals surface area contributed by atoms with Crippen LogP contribution in [0.25, 0.3) is 0 Å². The van der Waals surface area contributed by atoms with Crippen molar-refractivity contribution < 1.29 is 14.3 Å². The Morgan fingerprint density at radius 2 is 2.00 bits per heavy atom. The second-order valence-electron chi connectivity index (χ2n) is 4.29. The van der Waals surface area contributed by atoms with E-state index < -0.39 is 0 Å². The summed E-state index contributed by atoms with van der Waals surface area (Å²) in [6.45, 7) is 7.55. The highest BCUT2D eigenvalue weighted by Gasteiger charge is 2.12. The van der Waals surface area contributed by atoms with Gasteiger partial charge in [-0.25, -0.2) is 4.79 Å². The molecule has 0 bridgehead atoms. The van der Waals surface area contributed by atoms with Gasteiger partial charge in [0.25, 0.3) is 0 Å². The number of carbonyl (C=O) groups excluding carboxylic acids is 1. The van der Waals surface area contributed by atoms with E-state index in [1.807, 2.05) is 13.0 Å². The highest BCUT2D eigenvalue weighted by atomic mass is 16.5. The molecule has 0 aromatic heterocycles. The molecule has 0 aliphatic heterocycles. The first-order valence-electron chi connectivity index (χ1n) is 6.06. The highest BCUT2D eigenvalue weighted by molar-refractivity contribution is 5.88. The summed E-state index contributed by atoms with van der Waals surface area (Å²) >= 11 is 0. The minimum atomic E-state index is -0.248. The molecule has 0 rings (SSSR count). The Bertz CT molecular complexity index is 249. The van der Waals surface area contributed by atoms with Crippen LogP contribution < -0.4 is 5.32 Å². The quantitative estimate of drug-likeness (QED) is 0.521. The first-order chi connectivity index (χ1) is 8.06. The predicted octanol–water partition coefficient (Wildman–Crippen LogP) is 1.76. The fourth-order valence-corrected chi connectivity index (χ4v) is 1.50. The van der Waals surface area contributed by atoms with Gasteiger partial charge in [-0.05, 0) is 12.3 Å². The molecule has 0 amide bonds. The van der Waals surface area contributed by atoms with Crippen LogP contribution in [0.5, 0.6) is 0 Å². The van der Waals surface area contributed by atoms with E-state index in [2.05, 4.69) is 19.2 Å². The lowest BCUT2D eigenvalue weighted by atomic mass is 10.1. The lowest BCUT2D eigenvalue weighted by molar-refractivity contribution is -0.136. The zero-order chi connectivity index (χ0) is 13.3. The Hall–Kier alpha value is -0.870. The molecule has 0 heterocycles. The molecule has 4 nitrogen and oxygen atoms in total. The molecule has 0 fully saturated rings. The maximum absolute atomic E-state index is 11.3. The normalized spacial score (nSPS) is 13.9. The number of nitrogens with one attached hydrogen (secondary N) is 1. The van der Waals surface area contributed by atoms with Crippen molar-refractivity contribution in [1.82, 2.24) is 5.32 Å². The van der Waals surface area contributed by atoms with Gasteiger partial charge < -0.3 is 14.8 Å². The van der Waals surface area contributed by atoms with Crippen LogP contribution in [-0.4, -0.2) is 39.4 Å². The smallest absolute Gasteiger partial charge is 0.333 e. The van der Waals surface area contributed by atoms with Crippen LogP contribution in [-0.2, 0) is 14.3 Å². The molecule has 0 aliphatic rings. The van der Waals surface area contributed by atoms with Crippen LogP contribution >= 0.6 is 0 Å². The Morgan fingerprint density at radius 1 is 1.35 bits per heavy atom. The van der Waals surface area contributed by atoms with Gasteiger partial charge in [-0.15, -0.1) is 0 Å². The van der Waals surface area contributed by atoms with Crippen molar-refractivity contribution in [3.05, 3.63) is 11.6 Å². The van der Waals surface area contributed by atoms with E-state index in [1.165, 1.54) is 7.11 Å². The number of rotatable bonds is 8. The van der Waals surface area contributed by atoms with Gasteiger partial charge in [0.15, 0.2) is 0 Å². The topological polar surface area (TPSA) is 47.6 Å². The van der Waals surface area contributed by atoms with Crippen molar-refractivity contribution in [3.63, 3.8) is 0 Å². The molecule has 0 spiro atoms. The van der Waals surface area contributed by atoms with Crippen molar-refractivity contribution >= 4 is 5.97 Å². The fourth-order valence-electron chi connectivity index (χ4n) is 1.50. The summed E-state index contributed by atoms with van der Waals surface area (Å²) in [7, 11) is 3.10. The van der Waals surface area contributed by atoms with E-state index >= 15 is 0 Å². The van der Waals surface area contributed by atoms with Crippen LogP contribution in [0.3, 0.4) is 0 Å². The number of esters is 1. The van der Waals surface area contributed by atoms with Crippen molar-refractivity contribution in [2.45, 2.75) is 33.2 Å². The average molecular weight is 243 g/mol. The van der Waals surface area contributed by atoms with E-state index in [0.717, 1.165) is 0 Å². The number of hydrogen-bond acceptors (Lipinski definition) is 4. The molecule has 0 saturated heterocycles. The molecular formula is C13H25NO3. The van der Waals surface area contributed by atoms with Crippen LogP contribution in [0, 0.1) is 5.92 Å². The second-order valence-corrected chi connectivity index (χ2v) is 4.29. The Morgan fingerprint density at radius 3 is 2.41 bits per heavy atom. The Labute approximate surface area is 104 Å². The van der Waals surface area contributed by atoms with E-state index in [9.17, 15) is 4.79 Å². The summed E-state index contributed by atoms with van der Waals surface area (Å²) in [6.07, 6.45) is 2.57. The monoisotopic (exact) mass is 243 g/mol. The van der Waals surface area contributed by atoms with Crippen LogP contribution in [0.1, 0.15) is 27.2 Å². The lowest BCUT2D eigenvalue weighted by Crippen LogP contribution is -2.37. The fraction of sp³-hybridized carbons (Fsp3) is 0.769. The Kier molecular flexibility index (Phi) is 8.72. The average Bonchev–Trinajstić information content (AvgIpc) is 2.32. The van der Waals surface area contributed by atoms with Gasteiger partial charge in [0, 0.05) is 25.3 Å². The largest absolute Gasteiger partial charge is 0.466 e. The summed E-state index contributed by atoms with van der Waals surface area (Å²) in [6, 6.07) is 0.298. The highest BCUT2D eigenvalue weighted by Crippen LogP contribution is 2.04. The first kappa shape index (κ1) is 16.1. The summed E-state index contributed by atoms with van der Waals surface area (Å²) in [5.41, 5.74) is 0.708. The van der Waals surface area contributed by atoms with Crippen LogP contribution in [0.4, 0.5) is 0 Å². The van der Waals surface area contributed by atoms with Crippen molar-refractivity contribution in [2.75, 3.05) is 27.4 Å². The molecule has 0 radical (unpaired) electrons. The SMILES string of the molecule is CCC(=CCNC(COC)C(C)C)C(=O)OC. The van der Waals surface area contributed by atoms with E-state index in [-0.39, 0.29) is 5.97 Å². The number of ether oxygens (including phenoxy) is 2. The third-order valence-electron chi connectivity index (χ3n) is 2.71. The van der Waals surface area contributed by atoms with E-state index in [0.29, 0.717) is 37.1 Å². The second kappa shape index (κ2) is 9.19. The third kappa shape index (κ3) is 6.44. The van der Waals surface area contributed by atoms with E-state index in [4.69, 9.17) is 9.47 Å². The number of carbonyl (C=O) groups is 1. The van der Waals surface area contributed by atoms with Gasteiger partial charge >= 0.3 is 5.97 Å². The van der Waals surface area contributed by atoms with Crippen molar-refractivity contribution in [1.29, 1.82) is 0 Å². The summed E-state index contributed by atoms with van der Waals surface area (Å²) in [5, 5.41) is 3.35. The minimum absolute atomic E-state index is 0.248. The lowest BCUT2D eigenvalue weighted by Gasteiger charge is -2.20. The zero-order valence-corrected chi connectivity index (χ0v) is 11.6. The Balaban J connectivity index is 4.24.